The fourth-order valence-corrected chi connectivity index (χ4v) is 2.32. The van der Waals surface area contributed by atoms with Crippen LogP contribution in [-0.4, -0.2) is 55.0 Å². The zero-order chi connectivity index (χ0) is 14.1. The number of aromatic carboxylic acids is 1. The molecule has 6 heteroatoms. The van der Waals surface area contributed by atoms with E-state index in [-0.39, 0.29) is 12.2 Å². The van der Waals surface area contributed by atoms with E-state index in [9.17, 15) is 9.90 Å². The molecular weight excluding hydrogens is 268 g/mol. The maximum atomic E-state index is 11.0. The van der Waals surface area contributed by atoms with Crippen LogP contribution in [-0.2, 0) is 9.47 Å². The first-order valence-electron chi connectivity index (χ1n) is 5.85. The van der Waals surface area contributed by atoms with Gasteiger partial charge in [-0.25, -0.2) is 4.79 Å². The number of aliphatic hydroxyl groups is 1. The summed E-state index contributed by atoms with van der Waals surface area (Å²) in [6, 6.07) is 6.73. The molecule has 0 bridgehead atoms. The van der Waals surface area contributed by atoms with E-state index < -0.39 is 12.1 Å². The number of hydrogen-bond donors (Lipinski definition) is 2. The summed E-state index contributed by atoms with van der Waals surface area (Å²) in [4.78, 5) is 11.6. The molecule has 1 atom stereocenters. The van der Waals surface area contributed by atoms with Gasteiger partial charge in [-0.2, -0.15) is 0 Å². The van der Waals surface area contributed by atoms with Crippen LogP contribution >= 0.6 is 11.8 Å². The van der Waals surface area contributed by atoms with E-state index in [1.165, 1.54) is 11.8 Å². The van der Waals surface area contributed by atoms with Crippen LogP contribution in [0, 0.1) is 0 Å². The quantitative estimate of drug-likeness (QED) is 0.529. The van der Waals surface area contributed by atoms with E-state index in [0.717, 1.165) is 0 Å². The summed E-state index contributed by atoms with van der Waals surface area (Å²) < 4.78 is 10.0. The SMILES string of the molecule is COCCOCC(O)CSc1ccccc1C(=O)O. The smallest absolute Gasteiger partial charge is 0.336 e. The lowest BCUT2D eigenvalue weighted by atomic mass is 10.2. The van der Waals surface area contributed by atoms with Gasteiger partial charge in [-0.05, 0) is 12.1 Å². The first kappa shape index (κ1) is 16.0. The minimum Gasteiger partial charge on any atom is -0.478 e. The molecule has 0 aliphatic heterocycles. The molecule has 1 aromatic rings. The van der Waals surface area contributed by atoms with Gasteiger partial charge in [0.2, 0.25) is 0 Å². The molecule has 5 nitrogen and oxygen atoms in total. The highest BCUT2D eigenvalue weighted by Crippen LogP contribution is 2.23. The molecule has 0 saturated heterocycles. The minimum atomic E-state index is -0.964. The summed E-state index contributed by atoms with van der Waals surface area (Å²) in [5.41, 5.74) is 0.250. The fourth-order valence-electron chi connectivity index (χ4n) is 1.36. The summed E-state index contributed by atoms with van der Waals surface area (Å²) in [5, 5.41) is 18.7. The predicted molar refractivity (Wildman–Crippen MR) is 72.8 cm³/mol. The van der Waals surface area contributed by atoms with Crippen LogP contribution in [0.1, 0.15) is 10.4 Å². The zero-order valence-corrected chi connectivity index (χ0v) is 11.6. The van der Waals surface area contributed by atoms with Crippen LogP contribution < -0.4 is 0 Å². The number of hydrogen-bond acceptors (Lipinski definition) is 5. The molecule has 1 rings (SSSR count). The molecule has 0 saturated carbocycles. The number of rotatable bonds is 9. The molecule has 0 amide bonds. The standard InChI is InChI=1S/C13H18O5S/c1-17-6-7-18-8-10(14)9-19-12-5-3-2-4-11(12)13(15)16/h2-5,10,14H,6-9H2,1H3,(H,15,16). The summed E-state index contributed by atoms with van der Waals surface area (Å²) in [6.45, 7) is 1.14. The average molecular weight is 286 g/mol. The monoisotopic (exact) mass is 286 g/mol. The highest BCUT2D eigenvalue weighted by atomic mass is 32.2. The van der Waals surface area contributed by atoms with Crippen molar-refractivity contribution in [3.8, 4) is 0 Å². The van der Waals surface area contributed by atoms with Gasteiger partial charge in [0.1, 0.15) is 0 Å². The van der Waals surface area contributed by atoms with Crippen LogP contribution in [0.15, 0.2) is 29.2 Å². The Morgan fingerprint density at radius 3 is 2.79 bits per heavy atom. The summed E-state index contributed by atoms with van der Waals surface area (Å²) in [7, 11) is 1.58. The molecule has 0 fully saturated rings. The second-order valence-electron chi connectivity index (χ2n) is 3.83. The van der Waals surface area contributed by atoms with Gasteiger partial charge in [0.15, 0.2) is 0 Å². The highest BCUT2D eigenvalue weighted by molar-refractivity contribution is 7.99. The third-order valence-electron chi connectivity index (χ3n) is 2.29. The molecule has 19 heavy (non-hydrogen) atoms. The summed E-state index contributed by atoms with van der Waals surface area (Å²) in [5.74, 6) is -0.578. The molecule has 0 aromatic heterocycles. The largest absolute Gasteiger partial charge is 0.478 e. The maximum absolute atomic E-state index is 11.0. The van der Waals surface area contributed by atoms with Gasteiger partial charge in [0.05, 0.1) is 31.5 Å². The lowest BCUT2D eigenvalue weighted by Gasteiger charge is -2.11. The minimum absolute atomic E-state index is 0.214. The molecule has 0 aliphatic rings. The van der Waals surface area contributed by atoms with Crippen molar-refractivity contribution < 1.29 is 24.5 Å². The predicted octanol–water partition coefficient (Wildman–Crippen LogP) is 1.50. The van der Waals surface area contributed by atoms with E-state index in [1.54, 1.807) is 31.4 Å². The van der Waals surface area contributed by atoms with Crippen molar-refractivity contribution in [2.45, 2.75) is 11.0 Å². The van der Waals surface area contributed by atoms with Crippen LogP contribution in [0.5, 0.6) is 0 Å². The molecule has 106 valence electrons. The Labute approximate surface area is 116 Å². The Morgan fingerprint density at radius 2 is 2.11 bits per heavy atom. The van der Waals surface area contributed by atoms with Gasteiger partial charge in [-0.1, -0.05) is 12.1 Å². The Balaban J connectivity index is 2.37. The average Bonchev–Trinajstić information content (AvgIpc) is 2.41. The highest BCUT2D eigenvalue weighted by Gasteiger charge is 2.11. The van der Waals surface area contributed by atoms with E-state index in [2.05, 4.69) is 0 Å². The number of benzene rings is 1. The number of aliphatic hydroxyl groups excluding tert-OH is 1. The molecule has 1 aromatic carbocycles. The molecular formula is C13H18O5S. The van der Waals surface area contributed by atoms with Crippen molar-refractivity contribution in [1.29, 1.82) is 0 Å². The van der Waals surface area contributed by atoms with Crippen molar-refractivity contribution in [1.82, 2.24) is 0 Å². The fraction of sp³-hybridized carbons (Fsp3) is 0.462. The Bertz CT molecular complexity index is 396. The second-order valence-corrected chi connectivity index (χ2v) is 4.90. The molecule has 0 aliphatic carbocycles. The molecule has 0 radical (unpaired) electrons. The van der Waals surface area contributed by atoms with E-state index >= 15 is 0 Å². The van der Waals surface area contributed by atoms with Crippen LogP contribution in [0.3, 0.4) is 0 Å². The van der Waals surface area contributed by atoms with Gasteiger partial charge in [-0.15, -0.1) is 11.8 Å². The number of ether oxygens (including phenoxy) is 2. The van der Waals surface area contributed by atoms with E-state index in [1.807, 2.05) is 0 Å². The van der Waals surface area contributed by atoms with Crippen LogP contribution in [0.2, 0.25) is 0 Å². The third kappa shape index (κ3) is 6.07. The number of carboxylic acid groups (broad SMARTS) is 1. The lowest BCUT2D eigenvalue weighted by Crippen LogP contribution is -2.19. The number of carboxylic acids is 1. The Kier molecular flexibility index (Phi) is 7.50. The first-order chi connectivity index (χ1) is 9.15. The van der Waals surface area contributed by atoms with Crippen molar-refractivity contribution in [3.05, 3.63) is 29.8 Å². The van der Waals surface area contributed by atoms with Gasteiger partial charge in [0, 0.05) is 17.8 Å². The van der Waals surface area contributed by atoms with Crippen molar-refractivity contribution >= 4 is 17.7 Å². The van der Waals surface area contributed by atoms with Gasteiger partial charge in [-0.3, -0.25) is 0 Å². The third-order valence-corrected chi connectivity index (χ3v) is 3.51. The normalized spacial score (nSPS) is 12.3. The second kappa shape index (κ2) is 8.92. The number of thioether (sulfide) groups is 1. The number of carbonyl (C=O) groups is 1. The first-order valence-corrected chi connectivity index (χ1v) is 6.83. The Morgan fingerprint density at radius 1 is 1.37 bits per heavy atom. The molecule has 1 unspecified atom stereocenters. The van der Waals surface area contributed by atoms with E-state index in [0.29, 0.717) is 23.9 Å². The van der Waals surface area contributed by atoms with E-state index in [4.69, 9.17) is 14.6 Å². The van der Waals surface area contributed by atoms with Gasteiger partial charge >= 0.3 is 5.97 Å². The van der Waals surface area contributed by atoms with Crippen molar-refractivity contribution in [2.75, 3.05) is 32.7 Å². The van der Waals surface area contributed by atoms with Gasteiger partial charge in [0.25, 0.3) is 0 Å². The maximum Gasteiger partial charge on any atom is 0.336 e. The molecule has 2 N–H and O–H groups in total. The van der Waals surface area contributed by atoms with Crippen molar-refractivity contribution in [3.63, 3.8) is 0 Å². The van der Waals surface area contributed by atoms with Crippen LogP contribution in [0.4, 0.5) is 0 Å². The van der Waals surface area contributed by atoms with Crippen molar-refractivity contribution in [2.24, 2.45) is 0 Å². The Hall–Kier alpha value is -1.08. The van der Waals surface area contributed by atoms with Crippen LogP contribution in [0.25, 0.3) is 0 Å². The lowest BCUT2D eigenvalue weighted by molar-refractivity contribution is 0.0218. The summed E-state index contributed by atoms with van der Waals surface area (Å²) >= 11 is 1.31. The molecule has 0 heterocycles. The zero-order valence-electron chi connectivity index (χ0n) is 10.7. The topological polar surface area (TPSA) is 76.0 Å². The molecule has 0 spiro atoms. The van der Waals surface area contributed by atoms with Gasteiger partial charge < -0.3 is 19.7 Å². The summed E-state index contributed by atoms with van der Waals surface area (Å²) in [6.07, 6.45) is -0.635. The number of methoxy groups -OCH3 is 1.